The van der Waals surface area contributed by atoms with Crippen molar-refractivity contribution in [3.63, 3.8) is 0 Å². The molecule has 0 radical (unpaired) electrons. The number of amides is 2. The molecule has 17 heavy (non-hydrogen) atoms. The summed E-state index contributed by atoms with van der Waals surface area (Å²) in [7, 11) is 1.57. The Morgan fingerprint density at radius 2 is 2.24 bits per heavy atom. The Labute approximate surface area is 101 Å². The van der Waals surface area contributed by atoms with Crippen LogP contribution in [0.2, 0.25) is 0 Å². The van der Waals surface area contributed by atoms with E-state index < -0.39 is 0 Å². The maximum atomic E-state index is 11.7. The van der Waals surface area contributed by atoms with Crippen LogP contribution < -0.4 is 16.0 Å². The molecule has 1 atom stereocenters. The summed E-state index contributed by atoms with van der Waals surface area (Å²) < 4.78 is 4.80. The Kier molecular flexibility index (Phi) is 6.57. The van der Waals surface area contributed by atoms with Gasteiger partial charge in [0.05, 0.1) is 19.1 Å². The highest BCUT2D eigenvalue weighted by atomic mass is 16.5. The second-order valence-corrected chi connectivity index (χ2v) is 4.10. The second kappa shape index (κ2) is 8.03. The molecule has 6 heteroatoms. The van der Waals surface area contributed by atoms with E-state index in [1.165, 1.54) is 0 Å². The van der Waals surface area contributed by atoms with Crippen LogP contribution in [0.1, 0.15) is 12.8 Å². The first-order valence-electron chi connectivity index (χ1n) is 5.98. The first-order chi connectivity index (χ1) is 8.24. The smallest absolute Gasteiger partial charge is 0.239 e. The van der Waals surface area contributed by atoms with E-state index in [0.29, 0.717) is 19.7 Å². The summed E-state index contributed by atoms with van der Waals surface area (Å²) in [6.07, 6.45) is 1.91. The zero-order valence-electron chi connectivity index (χ0n) is 10.3. The maximum Gasteiger partial charge on any atom is 0.239 e. The first kappa shape index (κ1) is 13.9. The number of carbonyl (C=O) groups excluding carboxylic acids is 2. The van der Waals surface area contributed by atoms with Crippen LogP contribution >= 0.6 is 0 Å². The van der Waals surface area contributed by atoms with Gasteiger partial charge >= 0.3 is 0 Å². The van der Waals surface area contributed by atoms with Gasteiger partial charge in [-0.25, -0.2) is 0 Å². The van der Waals surface area contributed by atoms with E-state index >= 15 is 0 Å². The Balaban J connectivity index is 2.11. The lowest BCUT2D eigenvalue weighted by molar-refractivity contribution is -0.129. The van der Waals surface area contributed by atoms with Gasteiger partial charge in [0.1, 0.15) is 0 Å². The monoisotopic (exact) mass is 243 g/mol. The lowest BCUT2D eigenvalue weighted by Crippen LogP contribution is -2.44. The topological polar surface area (TPSA) is 79.5 Å². The van der Waals surface area contributed by atoms with Crippen molar-refractivity contribution < 1.29 is 14.3 Å². The molecular formula is C11H21N3O3. The molecule has 2 amide bonds. The lowest BCUT2D eigenvalue weighted by atomic mass is 9.99. The van der Waals surface area contributed by atoms with Crippen LogP contribution in [0.5, 0.6) is 0 Å². The van der Waals surface area contributed by atoms with Crippen LogP contribution in [-0.2, 0) is 14.3 Å². The van der Waals surface area contributed by atoms with E-state index in [1.54, 1.807) is 7.11 Å². The largest absolute Gasteiger partial charge is 0.383 e. The van der Waals surface area contributed by atoms with Crippen LogP contribution in [0.15, 0.2) is 0 Å². The van der Waals surface area contributed by atoms with E-state index in [1.807, 2.05) is 0 Å². The number of rotatable bonds is 6. The highest BCUT2D eigenvalue weighted by molar-refractivity contribution is 5.85. The Morgan fingerprint density at radius 3 is 2.88 bits per heavy atom. The molecule has 0 aromatic heterocycles. The predicted molar refractivity (Wildman–Crippen MR) is 63.5 cm³/mol. The van der Waals surface area contributed by atoms with Crippen LogP contribution in [-0.4, -0.2) is 51.7 Å². The minimum atomic E-state index is -0.181. The van der Waals surface area contributed by atoms with Gasteiger partial charge in [-0.15, -0.1) is 0 Å². The third-order valence-electron chi connectivity index (χ3n) is 2.72. The van der Waals surface area contributed by atoms with Crippen molar-refractivity contribution in [1.82, 2.24) is 16.0 Å². The standard InChI is InChI=1S/C11H21N3O3/c1-17-6-5-13-10(15)8-14-11(16)9-3-2-4-12-7-9/h9,12H,2-8H2,1H3,(H,13,15)(H,14,16)/t9-/m1/s1. The van der Waals surface area contributed by atoms with E-state index in [0.717, 1.165) is 19.4 Å². The normalized spacial score (nSPS) is 19.7. The zero-order chi connectivity index (χ0) is 12.5. The molecule has 1 heterocycles. The van der Waals surface area contributed by atoms with Crippen molar-refractivity contribution in [1.29, 1.82) is 0 Å². The van der Waals surface area contributed by atoms with Crippen molar-refractivity contribution in [3.8, 4) is 0 Å². The number of piperidine rings is 1. The molecule has 98 valence electrons. The van der Waals surface area contributed by atoms with Crippen molar-refractivity contribution in [2.75, 3.05) is 39.9 Å². The predicted octanol–water partition coefficient (Wildman–Crippen LogP) is -1.14. The molecule has 0 aliphatic carbocycles. The van der Waals surface area contributed by atoms with Gasteiger partial charge in [-0.1, -0.05) is 0 Å². The molecule has 0 aromatic carbocycles. The lowest BCUT2D eigenvalue weighted by Gasteiger charge is -2.21. The molecule has 6 nitrogen and oxygen atoms in total. The zero-order valence-corrected chi connectivity index (χ0v) is 10.3. The molecular weight excluding hydrogens is 222 g/mol. The molecule has 0 bridgehead atoms. The highest BCUT2D eigenvalue weighted by Crippen LogP contribution is 2.09. The molecule has 1 rings (SSSR count). The van der Waals surface area contributed by atoms with Gasteiger partial charge in [0.15, 0.2) is 0 Å². The van der Waals surface area contributed by atoms with Crippen LogP contribution in [0.4, 0.5) is 0 Å². The molecule has 1 aliphatic rings. The number of methoxy groups -OCH3 is 1. The van der Waals surface area contributed by atoms with Gasteiger partial charge < -0.3 is 20.7 Å². The summed E-state index contributed by atoms with van der Waals surface area (Å²) in [6, 6.07) is 0. The third-order valence-corrected chi connectivity index (χ3v) is 2.72. The van der Waals surface area contributed by atoms with Crippen molar-refractivity contribution in [2.24, 2.45) is 5.92 Å². The quantitative estimate of drug-likeness (QED) is 0.516. The summed E-state index contributed by atoms with van der Waals surface area (Å²) in [6.45, 7) is 2.67. The van der Waals surface area contributed by atoms with Gasteiger partial charge in [0.2, 0.25) is 11.8 Å². The molecule has 0 saturated carbocycles. The van der Waals surface area contributed by atoms with Crippen LogP contribution in [0.3, 0.4) is 0 Å². The van der Waals surface area contributed by atoms with Gasteiger partial charge in [0, 0.05) is 20.2 Å². The number of nitrogens with one attached hydrogen (secondary N) is 3. The molecule has 1 saturated heterocycles. The summed E-state index contributed by atoms with van der Waals surface area (Å²) in [5.41, 5.74) is 0. The summed E-state index contributed by atoms with van der Waals surface area (Å²) >= 11 is 0. The molecule has 1 fully saturated rings. The van der Waals surface area contributed by atoms with E-state index in [4.69, 9.17) is 4.74 Å². The van der Waals surface area contributed by atoms with E-state index in [9.17, 15) is 9.59 Å². The average Bonchev–Trinajstić information content (AvgIpc) is 2.37. The van der Waals surface area contributed by atoms with Crippen molar-refractivity contribution >= 4 is 11.8 Å². The Morgan fingerprint density at radius 1 is 1.41 bits per heavy atom. The molecule has 0 spiro atoms. The fourth-order valence-electron chi connectivity index (χ4n) is 1.74. The number of ether oxygens (including phenoxy) is 1. The minimum Gasteiger partial charge on any atom is -0.383 e. The Bertz CT molecular complexity index is 252. The molecule has 0 aromatic rings. The average molecular weight is 243 g/mol. The second-order valence-electron chi connectivity index (χ2n) is 4.10. The van der Waals surface area contributed by atoms with Crippen molar-refractivity contribution in [2.45, 2.75) is 12.8 Å². The highest BCUT2D eigenvalue weighted by Gasteiger charge is 2.20. The molecule has 1 aliphatic heterocycles. The molecule has 0 unspecified atom stereocenters. The maximum absolute atomic E-state index is 11.7. The summed E-state index contributed by atoms with van der Waals surface area (Å²) in [4.78, 5) is 23.0. The van der Waals surface area contributed by atoms with E-state index in [2.05, 4.69) is 16.0 Å². The van der Waals surface area contributed by atoms with Crippen LogP contribution in [0, 0.1) is 5.92 Å². The summed E-state index contributed by atoms with van der Waals surface area (Å²) in [5.74, 6) is -0.228. The fourth-order valence-corrected chi connectivity index (χ4v) is 1.74. The van der Waals surface area contributed by atoms with Crippen molar-refractivity contribution in [3.05, 3.63) is 0 Å². The number of hydrogen-bond acceptors (Lipinski definition) is 4. The number of hydrogen-bond donors (Lipinski definition) is 3. The molecule has 3 N–H and O–H groups in total. The first-order valence-corrected chi connectivity index (χ1v) is 5.98. The van der Waals surface area contributed by atoms with Gasteiger partial charge in [-0.2, -0.15) is 0 Å². The van der Waals surface area contributed by atoms with Gasteiger partial charge in [-0.3, -0.25) is 9.59 Å². The van der Waals surface area contributed by atoms with E-state index in [-0.39, 0.29) is 24.3 Å². The third kappa shape index (κ3) is 5.65. The minimum absolute atomic E-state index is 0.00414. The van der Waals surface area contributed by atoms with Gasteiger partial charge in [0.25, 0.3) is 0 Å². The number of carbonyl (C=O) groups is 2. The van der Waals surface area contributed by atoms with Crippen LogP contribution in [0.25, 0.3) is 0 Å². The fraction of sp³-hybridized carbons (Fsp3) is 0.818. The SMILES string of the molecule is COCCNC(=O)CNC(=O)[C@@H]1CCCNC1. The Hall–Kier alpha value is -1.14. The van der Waals surface area contributed by atoms with Gasteiger partial charge in [-0.05, 0) is 19.4 Å². The summed E-state index contributed by atoms with van der Waals surface area (Å²) in [5, 5.41) is 8.46.